The van der Waals surface area contributed by atoms with Crippen LogP contribution >= 0.6 is 0 Å². The molecule has 1 aliphatic heterocycles. The molecular weight excluding hydrogens is 284 g/mol. The lowest BCUT2D eigenvalue weighted by molar-refractivity contribution is 0.0427. The van der Waals surface area contributed by atoms with Gasteiger partial charge >= 0.3 is 0 Å². The van der Waals surface area contributed by atoms with Gasteiger partial charge in [0.05, 0.1) is 0 Å². The van der Waals surface area contributed by atoms with Crippen molar-refractivity contribution in [1.82, 2.24) is 9.80 Å². The molecule has 23 heavy (non-hydrogen) atoms. The van der Waals surface area contributed by atoms with E-state index in [1.54, 1.807) is 0 Å². The van der Waals surface area contributed by atoms with Crippen LogP contribution in [0.2, 0.25) is 0 Å². The summed E-state index contributed by atoms with van der Waals surface area (Å²) in [5.74, 6) is 0.916. The summed E-state index contributed by atoms with van der Waals surface area (Å²) in [7, 11) is 0. The van der Waals surface area contributed by atoms with Crippen molar-refractivity contribution >= 4 is 0 Å². The number of nitrogens with zero attached hydrogens (tertiary/aromatic N) is 2. The predicted molar refractivity (Wildman–Crippen MR) is 95.4 cm³/mol. The van der Waals surface area contributed by atoms with Crippen LogP contribution in [-0.4, -0.2) is 53.7 Å². The van der Waals surface area contributed by atoms with E-state index in [4.69, 9.17) is 0 Å². The van der Waals surface area contributed by atoms with Gasteiger partial charge in [0.1, 0.15) is 0 Å². The summed E-state index contributed by atoms with van der Waals surface area (Å²) in [5, 5.41) is 9.46. The average Bonchev–Trinajstić information content (AvgIpc) is 2.59. The maximum atomic E-state index is 9.46. The quantitative estimate of drug-likeness (QED) is 0.873. The standard InChI is InChI=1S/C20H32N2O/c23-14-11-20-17-21(15-18-7-3-1-4-8-18)12-13-22(20)16-19-9-5-2-6-10-19/h2,5-6,9-10,18,20,23H,1,3-4,7-8,11-17H2. The molecule has 128 valence electrons. The lowest BCUT2D eigenvalue weighted by atomic mass is 9.88. The molecule has 1 aromatic carbocycles. The van der Waals surface area contributed by atoms with Crippen LogP contribution in [-0.2, 0) is 6.54 Å². The number of rotatable bonds is 6. The SMILES string of the molecule is OCCC1CN(CC2CCCCC2)CCN1Cc1ccccc1. The third-order valence-corrected chi connectivity index (χ3v) is 5.62. The molecule has 1 aromatic rings. The number of aliphatic hydroxyl groups excluding tert-OH is 1. The molecule has 1 N–H and O–H groups in total. The summed E-state index contributed by atoms with van der Waals surface area (Å²) in [6.45, 7) is 6.04. The van der Waals surface area contributed by atoms with Gasteiger partial charge in [-0.1, -0.05) is 49.6 Å². The van der Waals surface area contributed by atoms with Gasteiger partial charge in [0, 0.05) is 45.4 Å². The Labute approximate surface area is 141 Å². The Morgan fingerprint density at radius 3 is 2.52 bits per heavy atom. The van der Waals surface area contributed by atoms with Gasteiger partial charge < -0.3 is 10.0 Å². The Kier molecular flexibility index (Phi) is 6.49. The minimum atomic E-state index is 0.299. The highest BCUT2D eigenvalue weighted by Gasteiger charge is 2.28. The molecule has 1 atom stereocenters. The number of benzene rings is 1. The Balaban J connectivity index is 1.54. The van der Waals surface area contributed by atoms with Crippen molar-refractivity contribution < 1.29 is 5.11 Å². The van der Waals surface area contributed by atoms with Gasteiger partial charge in [-0.2, -0.15) is 0 Å². The number of hydrogen-bond donors (Lipinski definition) is 1. The van der Waals surface area contributed by atoms with E-state index in [0.717, 1.165) is 32.0 Å². The molecule has 0 amide bonds. The molecule has 0 radical (unpaired) electrons. The maximum absolute atomic E-state index is 9.46. The first kappa shape index (κ1) is 16.9. The van der Waals surface area contributed by atoms with Crippen molar-refractivity contribution in [3.8, 4) is 0 Å². The molecule has 1 unspecified atom stereocenters. The minimum absolute atomic E-state index is 0.299. The molecule has 1 saturated carbocycles. The second-order valence-electron chi connectivity index (χ2n) is 7.39. The van der Waals surface area contributed by atoms with E-state index in [1.165, 1.54) is 50.8 Å². The lowest BCUT2D eigenvalue weighted by Gasteiger charge is -2.43. The van der Waals surface area contributed by atoms with Crippen LogP contribution in [0.3, 0.4) is 0 Å². The first-order chi connectivity index (χ1) is 11.3. The fourth-order valence-electron chi connectivity index (χ4n) is 4.31. The Bertz CT molecular complexity index is 444. The molecule has 1 aliphatic carbocycles. The van der Waals surface area contributed by atoms with Crippen LogP contribution < -0.4 is 0 Å². The Morgan fingerprint density at radius 1 is 1.00 bits per heavy atom. The van der Waals surface area contributed by atoms with Crippen LogP contribution in [0.1, 0.15) is 44.1 Å². The van der Waals surface area contributed by atoms with Crippen molar-refractivity contribution in [3.05, 3.63) is 35.9 Å². The van der Waals surface area contributed by atoms with Crippen LogP contribution in [0.5, 0.6) is 0 Å². The van der Waals surface area contributed by atoms with Crippen LogP contribution in [0, 0.1) is 5.92 Å². The molecule has 1 heterocycles. The topological polar surface area (TPSA) is 26.7 Å². The number of piperazine rings is 1. The molecular formula is C20H32N2O. The van der Waals surface area contributed by atoms with E-state index in [9.17, 15) is 5.11 Å². The van der Waals surface area contributed by atoms with E-state index in [1.807, 2.05) is 0 Å². The van der Waals surface area contributed by atoms with Gasteiger partial charge in [0.15, 0.2) is 0 Å². The molecule has 3 rings (SSSR count). The van der Waals surface area contributed by atoms with Crippen molar-refractivity contribution in [2.75, 3.05) is 32.8 Å². The van der Waals surface area contributed by atoms with Gasteiger partial charge in [-0.05, 0) is 30.7 Å². The molecule has 1 saturated heterocycles. The zero-order chi connectivity index (χ0) is 15.9. The Morgan fingerprint density at radius 2 is 1.78 bits per heavy atom. The fourth-order valence-corrected chi connectivity index (χ4v) is 4.31. The van der Waals surface area contributed by atoms with Crippen molar-refractivity contribution in [2.24, 2.45) is 5.92 Å². The highest BCUT2D eigenvalue weighted by atomic mass is 16.3. The molecule has 0 bridgehead atoms. The monoisotopic (exact) mass is 316 g/mol. The number of aliphatic hydroxyl groups is 1. The largest absolute Gasteiger partial charge is 0.396 e. The second-order valence-corrected chi connectivity index (χ2v) is 7.39. The van der Waals surface area contributed by atoms with Gasteiger partial charge in [-0.3, -0.25) is 4.90 Å². The summed E-state index contributed by atoms with van der Waals surface area (Å²) in [6.07, 6.45) is 8.05. The molecule has 3 heteroatoms. The summed E-state index contributed by atoms with van der Waals surface area (Å²) < 4.78 is 0. The normalized spacial score (nSPS) is 24.8. The summed E-state index contributed by atoms with van der Waals surface area (Å²) in [4.78, 5) is 5.24. The third-order valence-electron chi connectivity index (χ3n) is 5.62. The first-order valence-corrected chi connectivity index (χ1v) is 9.46. The second kappa shape index (κ2) is 8.81. The predicted octanol–water partition coefficient (Wildman–Crippen LogP) is 3.14. The zero-order valence-electron chi connectivity index (χ0n) is 14.4. The van der Waals surface area contributed by atoms with Crippen LogP contribution in [0.4, 0.5) is 0 Å². The maximum Gasteiger partial charge on any atom is 0.0446 e. The van der Waals surface area contributed by atoms with Crippen molar-refractivity contribution in [3.63, 3.8) is 0 Å². The fraction of sp³-hybridized carbons (Fsp3) is 0.700. The smallest absolute Gasteiger partial charge is 0.0446 e. The lowest BCUT2D eigenvalue weighted by Crippen LogP contribution is -2.53. The number of hydrogen-bond acceptors (Lipinski definition) is 3. The molecule has 2 fully saturated rings. The van der Waals surface area contributed by atoms with E-state index in [-0.39, 0.29) is 0 Å². The molecule has 3 nitrogen and oxygen atoms in total. The summed E-state index contributed by atoms with van der Waals surface area (Å²) in [5.41, 5.74) is 1.39. The van der Waals surface area contributed by atoms with E-state index in [0.29, 0.717) is 12.6 Å². The Hall–Kier alpha value is -0.900. The van der Waals surface area contributed by atoms with E-state index < -0.39 is 0 Å². The molecule has 2 aliphatic rings. The van der Waals surface area contributed by atoms with Gasteiger partial charge in [0.2, 0.25) is 0 Å². The van der Waals surface area contributed by atoms with Crippen LogP contribution in [0.15, 0.2) is 30.3 Å². The highest BCUT2D eigenvalue weighted by molar-refractivity contribution is 5.14. The van der Waals surface area contributed by atoms with Crippen molar-refractivity contribution in [1.29, 1.82) is 0 Å². The van der Waals surface area contributed by atoms with Gasteiger partial charge in [0.25, 0.3) is 0 Å². The van der Waals surface area contributed by atoms with E-state index >= 15 is 0 Å². The van der Waals surface area contributed by atoms with E-state index in [2.05, 4.69) is 40.1 Å². The van der Waals surface area contributed by atoms with Crippen LogP contribution in [0.25, 0.3) is 0 Å². The highest BCUT2D eigenvalue weighted by Crippen LogP contribution is 2.26. The third kappa shape index (κ3) is 5.03. The first-order valence-electron chi connectivity index (χ1n) is 9.46. The van der Waals surface area contributed by atoms with Crippen molar-refractivity contribution in [2.45, 2.75) is 51.1 Å². The van der Waals surface area contributed by atoms with Gasteiger partial charge in [-0.15, -0.1) is 0 Å². The summed E-state index contributed by atoms with van der Waals surface area (Å²) in [6, 6.07) is 11.2. The average molecular weight is 316 g/mol. The van der Waals surface area contributed by atoms with Gasteiger partial charge in [-0.25, -0.2) is 0 Å². The molecule has 0 spiro atoms. The zero-order valence-corrected chi connectivity index (χ0v) is 14.4. The molecule has 0 aromatic heterocycles. The summed E-state index contributed by atoms with van der Waals surface area (Å²) >= 11 is 0. The minimum Gasteiger partial charge on any atom is -0.396 e.